The first-order valence-electron chi connectivity index (χ1n) is 7.24. The minimum Gasteiger partial charge on any atom is -0.372 e. The third kappa shape index (κ3) is 1.81. The predicted octanol–water partition coefficient (Wildman–Crippen LogP) is 4.02. The Morgan fingerprint density at radius 2 is 1.31 bits per heavy atom. The molecule has 4 bridgehead atoms. The highest BCUT2D eigenvalue weighted by Crippen LogP contribution is 2.57. The highest BCUT2D eigenvalue weighted by atomic mass is 16.5. The highest BCUT2D eigenvalue weighted by molar-refractivity contribution is 5.03. The van der Waals surface area contributed by atoms with Gasteiger partial charge in [-0.2, -0.15) is 0 Å². The van der Waals surface area contributed by atoms with E-state index in [1.165, 1.54) is 38.5 Å². The molecule has 4 saturated carbocycles. The fraction of sp³-hybridized carbons (Fsp3) is 1.00. The molecule has 92 valence electrons. The van der Waals surface area contributed by atoms with Crippen molar-refractivity contribution < 1.29 is 4.74 Å². The van der Waals surface area contributed by atoms with Crippen LogP contribution in [0.1, 0.15) is 59.3 Å². The molecular formula is C15H26O. The van der Waals surface area contributed by atoms with Crippen LogP contribution in [0.4, 0.5) is 0 Å². The van der Waals surface area contributed by atoms with Crippen LogP contribution in [0.15, 0.2) is 0 Å². The van der Waals surface area contributed by atoms with Crippen molar-refractivity contribution in [2.45, 2.75) is 71.0 Å². The normalized spacial score (nSPS) is 47.6. The standard InChI is InChI=1S/C15H26O/c1-10(2)11(3)16-15-7-12-4-13(8-15)6-14(5-12)9-15/h10-14H,4-9H2,1-3H3/t11-,12?,13?,14?,15?/m1/s1. The van der Waals surface area contributed by atoms with Crippen LogP contribution in [0.5, 0.6) is 0 Å². The summed E-state index contributed by atoms with van der Waals surface area (Å²) >= 11 is 0. The molecule has 0 heterocycles. The van der Waals surface area contributed by atoms with Crippen molar-refractivity contribution in [3.05, 3.63) is 0 Å². The number of ether oxygens (including phenoxy) is 1. The lowest BCUT2D eigenvalue weighted by atomic mass is 9.54. The molecule has 0 amide bonds. The van der Waals surface area contributed by atoms with Gasteiger partial charge in [0.15, 0.2) is 0 Å². The number of hydrogen-bond acceptors (Lipinski definition) is 1. The lowest BCUT2D eigenvalue weighted by molar-refractivity contribution is -0.191. The summed E-state index contributed by atoms with van der Waals surface area (Å²) in [6, 6.07) is 0. The summed E-state index contributed by atoms with van der Waals surface area (Å²) in [5.74, 6) is 3.68. The van der Waals surface area contributed by atoms with Crippen LogP contribution in [0, 0.1) is 23.7 Å². The van der Waals surface area contributed by atoms with E-state index in [1.54, 1.807) is 0 Å². The summed E-state index contributed by atoms with van der Waals surface area (Å²) in [6.07, 6.45) is 9.09. The zero-order valence-corrected chi connectivity index (χ0v) is 11.0. The second kappa shape index (κ2) is 3.73. The van der Waals surface area contributed by atoms with E-state index in [9.17, 15) is 0 Å². The molecule has 0 aromatic carbocycles. The Balaban J connectivity index is 1.73. The largest absolute Gasteiger partial charge is 0.372 e. The van der Waals surface area contributed by atoms with Crippen molar-refractivity contribution in [3.8, 4) is 0 Å². The Hall–Kier alpha value is -0.0400. The van der Waals surface area contributed by atoms with Crippen molar-refractivity contribution in [1.29, 1.82) is 0 Å². The van der Waals surface area contributed by atoms with Gasteiger partial charge >= 0.3 is 0 Å². The topological polar surface area (TPSA) is 9.23 Å². The van der Waals surface area contributed by atoms with Crippen LogP contribution >= 0.6 is 0 Å². The molecule has 1 nitrogen and oxygen atoms in total. The van der Waals surface area contributed by atoms with Gasteiger partial charge in [0.05, 0.1) is 11.7 Å². The zero-order valence-electron chi connectivity index (χ0n) is 11.0. The van der Waals surface area contributed by atoms with E-state index in [4.69, 9.17) is 4.74 Å². The summed E-state index contributed by atoms with van der Waals surface area (Å²) in [7, 11) is 0. The molecule has 16 heavy (non-hydrogen) atoms. The highest BCUT2D eigenvalue weighted by Gasteiger charge is 2.52. The summed E-state index contributed by atoms with van der Waals surface area (Å²) in [6.45, 7) is 6.83. The molecule has 0 saturated heterocycles. The maximum atomic E-state index is 6.51. The average Bonchev–Trinajstić information content (AvgIpc) is 2.13. The molecule has 4 aliphatic carbocycles. The van der Waals surface area contributed by atoms with Crippen LogP contribution in [0.25, 0.3) is 0 Å². The van der Waals surface area contributed by atoms with Crippen LogP contribution in [0.3, 0.4) is 0 Å². The van der Waals surface area contributed by atoms with Gasteiger partial charge < -0.3 is 4.74 Å². The summed E-state index contributed by atoms with van der Waals surface area (Å²) in [5, 5.41) is 0. The fourth-order valence-electron chi connectivity index (χ4n) is 4.71. The van der Waals surface area contributed by atoms with E-state index in [0.29, 0.717) is 17.6 Å². The Morgan fingerprint density at radius 3 is 1.69 bits per heavy atom. The van der Waals surface area contributed by atoms with Gasteiger partial charge in [-0.1, -0.05) is 13.8 Å². The minimum atomic E-state index is 0.304. The second-order valence-corrected chi connectivity index (χ2v) is 7.17. The molecule has 1 atom stereocenters. The van der Waals surface area contributed by atoms with Crippen molar-refractivity contribution in [3.63, 3.8) is 0 Å². The van der Waals surface area contributed by atoms with E-state index in [2.05, 4.69) is 20.8 Å². The minimum absolute atomic E-state index is 0.304. The predicted molar refractivity (Wildman–Crippen MR) is 66.3 cm³/mol. The van der Waals surface area contributed by atoms with Gasteiger partial charge in [0, 0.05) is 0 Å². The van der Waals surface area contributed by atoms with E-state index in [0.717, 1.165) is 17.8 Å². The van der Waals surface area contributed by atoms with Crippen LogP contribution in [-0.4, -0.2) is 11.7 Å². The molecule has 1 heteroatoms. The van der Waals surface area contributed by atoms with Crippen molar-refractivity contribution in [1.82, 2.24) is 0 Å². The van der Waals surface area contributed by atoms with Gasteiger partial charge in [0.1, 0.15) is 0 Å². The molecule has 0 aromatic heterocycles. The Labute approximate surface area is 99.9 Å². The first kappa shape index (κ1) is 11.1. The zero-order chi connectivity index (χ0) is 11.3. The third-order valence-electron chi connectivity index (χ3n) is 5.36. The molecule has 0 N–H and O–H groups in total. The average molecular weight is 222 g/mol. The van der Waals surface area contributed by atoms with Gasteiger partial charge in [-0.15, -0.1) is 0 Å². The molecule has 0 unspecified atom stereocenters. The summed E-state index contributed by atoms with van der Waals surface area (Å²) < 4.78 is 6.51. The van der Waals surface area contributed by atoms with Gasteiger partial charge in [-0.3, -0.25) is 0 Å². The molecular weight excluding hydrogens is 196 g/mol. The molecule has 0 radical (unpaired) electrons. The third-order valence-corrected chi connectivity index (χ3v) is 5.36. The summed E-state index contributed by atoms with van der Waals surface area (Å²) in [4.78, 5) is 0. The van der Waals surface area contributed by atoms with E-state index < -0.39 is 0 Å². The SMILES string of the molecule is CC(C)[C@@H](C)OC12CC3CC(CC(C3)C1)C2. The van der Waals surface area contributed by atoms with Gasteiger partial charge in [0.25, 0.3) is 0 Å². The molecule has 0 aromatic rings. The fourth-order valence-corrected chi connectivity index (χ4v) is 4.71. The molecule has 0 spiro atoms. The monoisotopic (exact) mass is 222 g/mol. The molecule has 4 fully saturated rings. The summed E-state index contributed by atoms with van der Waals surface area (Å²) in [5.41, 5.74) is 0.304. The van der Waals surface area contributed by atoms with Crippen LogP contribution in [-0.2, 0) is 4.74 Å². The molecule has 4 aliphatic rings. The van der Waals surface area contributed by atoms with Gasteiger partial charge in [-0.05, 0) is 69.1 Å². The van der Waals surface area contributed by atoms with Crippen molar-refractivity contribution in [2.75, 3.05) is 0 Å². The van der Waals surface area contributed by atoms with Gasteiger partial charge in [0.2, 0.25) is 0 Å². The number of hydrogen-bond donors (Lipinski definition) is 0. The Bertz CT molecular complexity index is 233. The first-order valence-corrected chi connectivity index (χ1v) is 7.24. The number of rotatable bonds is 3. The van der Waals surface area contributed by atoms with Crippen molar-refractivity contribution >= 4 is 0 Å². The lowest BCUT2D eigenvalue weighted by Gasteiger charge is -2.57. The molecule has 0 aliphatic heterocycles. The lowest BCUT2D eigenvalue weighted by Crippen LogP contribution is -2.53. The Morgan fingerprint density at radius 1 is 0.875 bits per heavy atom. The second-order valence-electron chi connectivity index (χ2n) is 7.17. The molecule has 4 rings (SSSR count). The van der Waals surface area contributed by atoms with Crippen molar-refractivity contribution in [2.24, 2.45) is 23.7 Å². The van der Waals surface area contributed by atoms with E-state index >= 15 is 0 Å². The maximum Gasteiger partial charge on any atom is 0.0694 e. The van der Waals surface area contributed by atoms with E-state index in [-0.39, 0.29) is 0 Å². The van der Waals surface area contributed by atoms with Crippen LogP contribution < -0.4 is 0 Å². The Kier molecular flexibility index (Phi) is 2.58. The smallest absolute Gasteiger partial charge is 0.0694 e. The van der Waals surface area contributed by atoms with Crippen LogP contribution in [0.2, 0.25) is 0 Å². The maximum absolute atomic E-state index is 6.51. The first-order chi connectivity index (χ1) is 7.56. The quantitative estimate of drug-likeness (QED) is 0.701. The van der Waals surface area contributed by atoms with Gasteiger partial charge in [-0.25, -0.2) is 0 Å². The van der Waals surface area contributed by atoms with E-state index in [1.807, 2.05) is 0 Å².